The van der Waals surface area contributed by atoms with E-state index in [2.05, 4.69) is 36.4 Å². The summed E-state index contributed by atoms with van der Waals surface area (Å²) in [6.45, 7) is 1.62. The Morgan fingerprint density at radius 3 is 2.71 bits per heavy atom. The third-order valence-electron chi connectivity index (χ3n) is 4.30. The Labute approximate surface area is 124 Å². The quantitative estimate of drug-likeness (QED) is 0.799. The highest BCUT2D eigenvalue weighted by Crippen LogP contribution is 2.37. The zero-order valence-corrected chi connectivity index (χ0v) is 11.8. The van der Waals surface area contributed by atoms with E-state index in [0.29, 0.717) is 19.8 Å². The number of hydrogen-bond acceptors (Lipinski definition) is 3. The number of benzene rings is 2. The van der Waals surface area contributed by atoms with Crippen LogP contribution in [0.4, 0.5) is 0 Å². The minimum absolute atomic E-state index is 0.151. The van der Waals surface area contributed by atoms with Gasteiger partial charge in [-0.1, -0.05) is 42.5 Å². The molecule has 0 spiro atoms. The lowest BCUT2D eigenvalue weighted by Crippen LogP contribution is -2.37. The number of ether oxygens (including phenoxy) is 2. The van der Waals surface area contributed by atoms with Crippen molar-refractivity contribution in [2.45, 2.75) is 18.6 Å². The molecule has 0 amide bonds. The number of aliphatic hydroxyl groups excluding tert-OH is 1. The molecule has 1 fully saturated rings. The van der Waals surface area contributed by atoms with E-state index in [-0.39, 0.29) is 6.10 Å². The van der Waals surface area contributed by atoms with Gasteiger partial charge in [0.25, 0.3) is 0 Å². The van der Waals surface area contributed by atoms with Crippen molar-refractivity contribution in [2.24, 2.45) is 0 Å². The van der Waals surface area contributed by atoms with E-state index in [1.165, 1.54) is 22.3 Å². The van der Waals surface area contributed by atoms with E-state index in [4.69, 9.17) is 9.47 Å². The van der Waals surface area contributed by atoms with Crippen molar-refractivity contribution in [3.63, 3.8) is 0 Å². The average molecular weight is 282 g/mol. The molecule has 4 rings (SSSR count). The van der Waals surface area contributed by atoms with Crippen LogP contribution in [0.5, 0.6) is 0 Å². The summed E-state index contributed by atoms with van der Waals surface area (Å²) in [6.07, 6.45) is 0.529. The number of rotatable bonds is 4. The van der Waals surface area contributed by atoms with Crippen LogP contribution in [-0.4, -0.2) is 31.0 Å². The normalized spacial score (nSPS) is 18.0. The first-order chi connectivity index (χ1) is 10.3. The van der Waals surface area contributed by atoms with Crippen molar-refractivity contribution in [1.82, 2.24) is 0 Å². The van der Waals surface area contributed by atoms with Crippen molar-refractivity contribution < 1.29 is 14.6 Å². The molecule has 1 N–H and O–H groups in total. The monoisotopic (exact) mass is 282 g/mol. The summed E-state index contributed by atoms with van der Waals surface area (Å²) in [5.74, 6) is 0. The summed E-state index contributed by atoms with van der Waals surface area (Å²) < 4.78 is 10.7. The van der Waals surface area contributed by atoms with Gasteiger partial charge in [-0.3, -0.25) is 0 Å². The largest absolute Gasteiger partial charge is 0.386 e. The zero-order chi connectivity index (χ0) is 14.2. The SMILES string of the molecule is OC(COC1COC1)c1ccc2c(c1)Cc1ccccc1-2. The molecule has 3 nitrogen and oxygen atoms in total. The minimum Gasteiger partial charge on any atom is -0.386 e. The predicted molar refractivity (Wildman–Crippen MR) is 80.2 cm³/mol. The highest BCUT2D eigenvalue weighted by molar-refractivity contribution is 5.76. The molecule has 0 aromatic heterocycles. The third-order valence-corrected chi connectivity index (χ3v) is 4.30. The molecular weight excluding hydrogens is 264 g/mol. The average Bonchev–Trinajstić information content (AvgIpc) is 2.83. The topological polar surface area (TPSA) is 38.7 Å². The van der Waals surface area contributed by atoms with E-state index in [1.807, 2.05) is 6.07 Å². The molecule has 2 aromatic rings. The molecule has 21 heavy (non-hydrogen) atoms. The second-order valence-electron chi connectivity index (χ2n) is 5.76. The smallest absolute Gasteiger partial charge is 0.104 e. The first kappa shape index (κ1) is 13.0. The van der Waals surface area contributed by atoms with Crippen LogP contribution in [0.15, 0.2) is 42.5 Å². The minimum atomic E-state index is -0.570. The lowest BCUT2D eigenvalue weighted by molar-refractivity contribution is -0.143. The van der Waals surface area contributed by atoms with Gasteiger partial charge in [-0.25, -0.2) is 0 Å². The Hall–Kier alpha value is -1.68. The summed E-state index contributed by atoms with van der Waals surface area (Å²) >= 11 is 0. The lowest BCUT2D eigenvalue weighted by atomic mass is 10.0. The van der Waals surface area contributed by atoms with Gasteiger partial charge in [0.15, 0.2) is 0 Å². The molecule has 1 atom stereocenters. The van der Waals surface area contributed by atoms with Crippen LogP contribution in [0, 0.1) is 0 Å². The summed E-state index contributed by atoms with van der Waals surface area (Å²) in [5, 5.41) is 10.3. The third kappa shape index (κ3) is 2.38. The molecule has 1 unspecified atom stereocenters. The van der Waals surface area contributed by atoms with Crippen LogP contribution >= 0.6 is 0 Å². The summed E-state index contributed by atoms with van der Waals surface area (Å²) in [5.41, 5.74) is 6.19. The van der Waals surface area contributed by atoms with Gasteiger partial charge in [0.05, 0.1) is 19.8 Å². The molecule has 1 aliphatic heterocycles. The fourth-order valence-electron chi connectivity index (χ4n) is 3.01. The summed E-state index contributed by atoms with van der Waals surface area (Å²) in [6, 6.07) is 14.7. The van der Waals surface area contributed by atoms with Crippen LogP contribution in [0.3, 0.4) is 0 Å². The molecule has 1 aliphatic carbocycles. The Morgan fingerprint density at radius 2 is 1.90 bits per heavy atom. The Bertz CT molecular complexity index is 661. The molecule has 108 valence electrons. The van der Waals surface area contributed by atoms with Crippen molar-refractivity contribution in [1.29, 1.82) is 0 Å². The first-order valence-electron chi connectivity index (χ1n) is 7.40. The van der Waals surface area contributed by atoms with Gasteiger partial charge in [-0.15, -0.1) is 0 Å². The lowest BCUT2D eigenvalue weighted by Gasteiger charge is -2.27. The maximum Gasteiger partial charge on any atom is 0.104 e. The van der Waals surface area contributed by atoms with Crippen LogP contribution in [0.25, 0.3) is 11.1 Å². The zero-order valence-electron chi connectivity index (χ0n) is 11.8. The van der Waals surface area contributed by atoms with E-state index in [1.54, 1.807) is 0 Å². The molecule has 3 heteroatoms. The number of aliphatic hydroxyl groups is 1. The van der Waals surface area contributed by atoms with Gasteiger partial charge >= 0.3 is 0 Å². The van der Waals surface area contributed by atoms with Gasteiger partial charge in [0.2, 0.25) is 0 Å². The Morgan fingerprint density at radius 1 is 1.10 bits per heavy atom. The van der Waals surface area contributed by atoms with Crippen molar-refractivity contribution >= 4 is 0 Å². The van der Waals surface area contributed by atoms with Crippen LogP contribution in [-0.2, 0) is 15.9 Å². The second kappa shape index (κ2) is 5.26. The van der Waals surface area contributed by atoms with Crippen molar-refractivity contribution in [3.05, 3.63) is 59.2 Å². The maximum atomic E-state index is 10.3. The number of hydrogen-bond donors (Lipinski definition) is 1. The van der Waals surface area contributed by atoms with Gasteiger partial charge in [0.1, 0.15) is 12.2 Å². The number of fused-ring (bicyclic) bond motifs is 3. The first-order valence-corrected chi connectivity index (χ1v) is 7.40. The molecule has 2 aliphatic rings. The Kier molecular flexibility index (Phi) is 3.26. The van der Waals surface area contributed by atoms with Crippen LogP contribution in [0.2, 0.25) is 0 Å². The molecule has 1 heterocycles. The maximum absolute atomic E-state index is 10.3. The van der Waals surface area contributed by atoms with Gasteiger partial charge in [-0.05, 0) is 34.2 Å². The van der Waals surface area contributed by atoms with Crippen molar-refractivity contribution in [2.75, 3.05) is 19.8 Å². The van der Waals surface area contributed by atoms with E-state index < -0.39 is 6.10 Å². The predicted octanol–water partition coefficient (Wildman–Crippen LogP) is 2.71. The summed E-state index contributed by atoms with van der Waals surface area (Å²) in [7, 11) is 0. The van der Waals surface area contributed by atoms with Gasteiger partial charge < -0.3 is 14.6 Å². The molecule has 2 aromatic carbocycles. The van der Waals surface area contributed by atoms with Gasteiger partial charge in [-0.2, -0.15) is 0 Å². The van der Waals surface area contributed by atoms with Gasteiger partial charge in [0, 0.05) is 0 Å². The second-order valence-corrected chi connectivity index (χ2v) is 5.76. The highest BCUT2D eigenvalue weighted by Gasteiger charge is 2.22. The summed E-state index contributed by atoms with van der Waals surface area (Å²) in [4.78, 5) is 0. The molecular formula is C18H18O3. The molecule has 0 saturated carbocycles. The highest BCUT2D eigenvalue weighted by atomic mass is 16.6. The van der Waals surface area contributed by atoms with E-state index in [0.717, 1.165) is 12.0 Å². The van der Waals surface area contributed by atoms with Crippen LogP contribution < -0.4 is 0 Å². The molecule has 0 bridgehead atoms. The molecule has 1 saturated heterocycles. The van der Waals surface area contributed by atoms with E-state index >= 15 is 0 Å². The Balaban J connectivity index is 1.52. The van der Waals surface area contributed by atoms with Crippen LogP contribution in [0.1, 0.15) is 22.8 Å². The molecule has 0 radical (unpaired) electrons. The van der Waals surface area contributed by atoms with Crippen molar-refractivity contribution in [3.8, 4) is 11.1 Å². The van der Waals surface area contributed by atoms with E-state index in [9.17, 15) is 5.11 Å². The standard InChI is InChI=1S/C18H18O3/c19-18(11-21-15-9-20-10-15)13-5-6-17-14(8-13)7-12-3-1-2-4-16(12)17/h1-6,8,15,18-19H,7,9-11H2. The fraction of sp³-hybridized carbons (Fsp3) is 0.333. The fourth-order valence-corrected chi connectivity index (χ4v) is 3.01.